The molecule has 1 amide bonds. The Labute approximate surface area is 105 Å². The van der Waals surface area contributed by atoms with E-state index >= 15 is 0 Å². The smallest absolute Gasteiger partial charge is 0.225 e. The highest BCUT2D eigenvalue weighted by Crippen LogP contribution is 2.22. The van der Waals surface area contributed by atoms with E-state index in [0.717, 1.165) is 18.4 Å². The average molecular weight is 249 g/mol. The summed E-state index contributed by atoms with van der Waals surface area (Å²) in [5.41, 5.74) is 6.97. The van der Waals surface area contributed by atoms with Crippen LogP contribution in [-0.2, 0) is 4.79 Å². The third-order valence-electron chi connectivity index (χ3n) is 3.09. The predicted octanol–water partition coefficient (Wildman–Crippen LogP) is 1.65. The SMILES string of the molecule is N#C[C@@H]1CCCN1C(=O)CC(N)c1ccsc1. The Morgan fingerprint density at radius 3 is 3.24 bits per heavy atom. The van der Waals surface area contributed by atoms with E-state index < -0.39 is 0 Å². The molecule has 0 bridgehead atoms. The maximum Gasteiger partial charge on any atom is 0.225 e. The molecular formula is C12H15N3OS. The molecule has 1 fully saturated rings. The van der Waals surface area contributed by atoms with Crippen LogP contribution in [0.1, 0.15) is 30.9 Å². The second-order valence-corrected chi connectivity index (χ2v) is 5.02. The van der Waals surface area contributed by atoms with Crippen molar-refractivity contribution in [2.75, 3.05) is 6.54 Å². The third kappa shape index (κ3) is 2.65. The van der Waals surface area contributed by atoms with E-state index in [0.29, 0.717) is 6.54 Å². The molecule has 1 saturated heterocycles. The molecule has 2 N–H and O–H groups in total. The number of hydrogen-bond donors (Lipinski definition) is 1. The fourth-order valence-electron chi connectivity index (χ4n) is 2.11. The standard InChI is InChI=1S/C12H15N3OS/c13-7-10-2-1-4-15(10)12(16)6-11(14)9-3-5-17-8-9/h3,5,8,10-11H,1-2,4,6,14H2/t10-,11?/m0/s1. The number of thiophene rings is 1. The van der Waals surface area contributed by atoms with Gasteiger partial charge in [0.2, 0.25) is 5.91 Å². The number of likely N-dealkylation sites (tertiary alicyclic amines) is 1. The fraction of sp³-hybridized carbons (Fsp3) is 0.500. The van der Waals surface area contributed by atoms with Gasteiger partial charge in [0.25, 0.3) is 0 Å². The van der Waals surface area contributed by atoms with Gasteiger partial charge in [-0.2, -0.15) is 16.6 Å². The van der Waals surface area contributed by atoms with E-state index in [1.54, 1.807) is 16.2 Å². The topological polar surface area (TPSA) is 70.1 Å². The Bertz CT molecular complexity index is 423. The maximum atomic E-state index is 12.0. The van der Waals surface area contributed by atoms with E-state index in [2.05, 4.69) is 6.07 Å². The number of amides is 1. The number of nitrogens with two attached hydrogens (primary N) is 1. The zero-order chi connectivity index (χ0) is 12.3. The summed E-state index contributed by atoms with van der Waals surface area (Å²) in [6.45, 7) is 0.688. The van der Waals surface area contributed by atoms with Crippen LogP contribution in [-0.4, -0.2) is 23.4 Å². The quantitative estimate of drug-likeness (QED) is 0.885. The second kappa shape index (κ2) is 5.30. The molecule has 0 radical (unpaired) electrons. The van der Waals surface area contributed by atoms with Crippen LogP contribution in [0.3, 0.4) is 0 Å². The number of hydrogen-bond acceptors (Lipinski definition) is 4. The van der Waals surface area contributed by atoms with Gasteiger partial charge < -0.3 is 10.6 Å². The van der Waals surface area contributed by atoms with Gasteiger partial charge in [-0.1, -0.05) is 0 Å². The Kier molecular flexibility index (Phi) is 3.77. The molecule has 1 aromatic heterocycles. The lowest BCUT2D eigenvalue weighted by molar-refractivity contribution is -0.131. The third-order valence-corrected chi connectivity index (χ3v) is 3.79. The van der Waals surface area contributed by atoms with Crippen LogP contribution in [0.25, 0.3) is 0 Å². The summed E-state index contributed by atoms with van der Waals surface area (Å²) in [6.07, 6.45) is 1.99. The molecule has 0 aliphatic carbocycles. The van der Waals surface area contributed by atoms with E-state index in [1.165, 1.54) is 0 Å². The average Bonchev–Trinajstić information content (AvgIpc) is 2.99. The van der Waals surface area contributed by atoms with Gasteiger partial charge in [-0.05, 0) is 35.2 Å². The van der Waals surface area contributed by atoms with Crippen molar-refractivity contribution in [3.05, 3.63) is 22.4 Å². The molecule has 0 saturated carbocycles. The lowest BCUT2D eigenvalue weighted by Crippen LogP contribution is -2.36. The normalized spacial score (nSPS) is 21.2. The van der Waals surface area contributed by atoms with E-state index in [-0.39, 0.29) is 24.4 Å². The molecule has 5 heteroatoms. The van der Waals surface area contributed by atoms with Crippen LogP contribution in [0.4, 0.5) is 0 Å². The Hall–Kier alpha value is -1.38. The van der Waals surface area contributed by atoms with Gasteiger partial charge in [-0.25, -0.2) is 0 Å². The zero-order valence-electron chi connectivity index (χ0n) is 9.50. The molecular weight excluding hydrogens is 234 g/mol. The molecule has 90 valence electrons. The summed E-state index contributed by atoms with van der Waals surface area (Å²) in [5, 5.41) is 12.8. The first-order valence-electron chi connectivity index (χ1n) is 5.69. The lowest BCUT2D eigenvalue weighted by Gasteiger charge is -2.21. The summed E-state index contributed by atoms with van der Waals surface area (Å²) in [5.74, 6) is -0.00671. The molecule has 2 heterocycles. The molecule has 2 atom stereocenters. The van der Waals surface area contributed by atoms with Crippen molar-refractivity contribution in [1.82, 2.24) is 4.90 Å². The number of nitriles is 1. The molecule has 4 nitrogen and oxygen atoms in total. The molecule has 1 aromatic rings. The van der Waals surface area contributed by atoms with Gasteiger partial charge in [-0.15, -0.1) is 0 Å². The van der Waals surface area contributed by atoms with Crippen LogP contribution < -0.4 is 5.73 Å². The summed E-state index contributed by atoms with van der Waals surface area (Å²) < 4.78 is 0. The van der Waals surface area contributed by atoms with Crippen molar-refractivity contribution in [2.24, 2.45) is 5.73 Å². The van der Waals surface area contributed by atoms with E-state index in [1.807, 2.05) is 16.8 Å². The van der Waals surface area contributed by atoms with Gasteiger partial charge in [0.05, 0.1) is 6.07 Å². The van der Waals surface area contributed by atoms with Crippen molar-refractivity contribution in [2.45, 2.75) is 31.3 Å². The van der Waals surface area contributed by atoms with Crippen LogP contribution in [0, 0.1) is 11.3 Å². The molecule has 1 aliphatic rings. The fourth-order valence-corrected chi connectivity index (χ4v) is 2.83. The first-order chi connectivity index (χ1) is 8.22. The van der Waals surface area contributed by atoms with Gasteiger partial charge >= 0.3 is 0 Å². The van der Waals surface area contributed by atoms with Crippen molar-refractivity contribution in [1.29, 1.82) is 5.26 Å². The van der Waals surface area contributed by atoms with Gasteiger partial charge in [-0.3, -0.25) is 4.79 Å². The van der Waals surface area contributed by atoms with Gasteiger partial charge in [0, 0.05) is 19.0 Å². The number of nitrogens with zero attached hydrogens (tertiary/aromatic N) is 2. The first kappa shape index (κ1) is 12.1. The summed E-state index contributed by atoms with van der Waals surface area (Å²) in [6, 6.07) is 3.60. The first-order valence-corrected chi connectivity index (χ1v) is 6.63. The minimum absolute atomic E-state index is 0.00671. The Morgan fingerprint density at radius 2 is 2.59 bits per heavy atom. The Morgan fingerprint density at radius 1 is 1.76 bits per heavy atom. The van der Waals surface area contributed by atoms with Crippen LogP contribution in [0.5, 0.6) is 0 Å². The van der Waals surface area contributed by atoms with Crippen molar-refractivity contribution in [3.8, 4) is 6.07 Å². The number of carbonyl (C=O) groups is 1. The minimum Gasteiger partial charge on any atom is -0.327 e. The predicted molar refractivity (Wildman–Crippen MR) is 66.2 cm³/mol. The maximum absolute atomic E-state index is 12.0. The van der Waals surface area contributed by atoms with Crippen molar-refractivity contribution in [3.63, 3.8) is 0 Å². The monoisotopic (exact) mass is 249 g/mol. The number of carbonyl (C=O) groups excluding carboxylic acids is 1. The summed E-state index contributed by atoms with van der Waals surface area (Å²) in [7, 11) is 0. The molecule has 1 aliphatic heterocycles. The molecule has 0 spiro atoms. The Balaban J connectivity index is 1.95. The highest BCUT2D eigenvalue weighted by Gasteiger charge is 2.29. The van der Waals surface area contributed by atoms with Crippen molar-refractivity contribution >= 4 is 17.2 Å². The molecule has 17 heavy (non-hydrogen) atoms. The summed E-state index contributed by atoms with van der Waals surface area (Å²) in [4.78, 5) is 13.7. The van der Waals surface area contributed by atoms with E-state index in [9.17, 15) is 4.79 Å². The lowest BCUT2D eigenvalue weighted by atomic mass is 10.1. The molecule has 2 rings (SSSR count). The van der Waals surface area contributed by atoms with Gasteiger partial charge in [0.1, 0.15) is 6.04 Å². The van der Waals surface area contributed by atoms with Gasteiger partial charge in [0.15, 0.2) is 0 Å². The largest absolute Gasteiger partial charge is 0.327 e. The summed E-state index contributed by atoms with van der Waals surface area (Å²) >= 11 is 1.58. The zero-order valence-corrected chi connectivity index (χ0v) is 10.3. The number of rotatable bonds is 3. The van der Waals surface area contributed by atoms with Crippen molar-refractivity contribution < 1.29 is 4.79 Å². The highest BCUT2D eigenvalue weighted by atomic mass is 32.1. The second-order valence-electron chi connectivity index (χ2n) is 4.24. The van der Waals surface area contributed by atoms with Crippen LogP contribution in [0.15, 0.2) is 16.8 Å². The van der Waals surface area contributed by atoms with Crippen LogP contribution in [0.2, 0.25) is 0 Å². The minimum atomic E-state index is -0.256. The molecule has 1 unspecified atom stereocenters. The van der Waals surface area contributed by atoms with E-state index in [4.69, 9.17) is 11.0 Å². The highest BCUT2D eigenvalue weighted by molar-refractivity contribution is 7.07. The van der Waals surface area contributed by atoms with Crippen LogP contribution >= 0.6 is 11.3 Å². The molecule has 0 aromatic carbocycles.